The van der Waals surface area contributed by atoms with Crippen LogP contribution in [0.3, 0.4) is 0 Å². The largest absolute Gasteiger partial charge is 0.491 e. The number of aliphatic hydroxyl groups excluding tert-OH is 2. The number of nitrogens with zero attached hydrogens (tertiary/aromatic N) is 4. The van der Waals surface area contributed by atoms with Crippen molar-refractivity contribution in [1.29, 1.82) is 10.5 Å². The highest BCUT2D eigenvalue weighted by Crippen LogP contribution is 2.14. The Morgan fingerprint density at radius 3 is 1.45 bits per heavy atom. The van der Waals surface area contributed by atoms with Crippen LogP contribution in [0.4, 0.5) is 0 Å². The van der Waals surface area contributed by atoms with Gasteiger partial charge in [0.05, 0.1) is 23.3 Å². The lowest BCUT2D eigenvalue weighted by Gasteiger charge is -2.25. The SMILES string of the molecule is N#Cc1ccc(OC[C@@H](O)CN2CCCN(C[C@@H](O)COc3ccc(C#N)cc3)CC2)cc1. The first-order valence-electron chi connectivity index (χ1n) is 11.1. The van der Waals surface area contributed by atoms with Crippen molar-refractivity contribution in [3.05, 3.63) is 59.7 Å². The minimum absolute atomic E-state index is 0.192. The number of aliphatic hydroxyl groups is 2. The smallest absolute Gasteiger partial charge is 0.119 e. The maximum Gasteiger partial charge on any atom is 0.119 e. The van der Waals surface area contributed by atoms with E-state index in [1.54, 1.807) is 48.5 Å². The number of β-amino-alcohol motifs (C(OH)–C–C–N with tert-alkyl or cyclic N) is 2. The molecule has 2 N–H and O–H groups in total. The molecule has 3 rings (SSSR count). The van der Waals surface area contributed by atoms with Crippen molar-refractivity contribution in [2.24, 2.45) is 0 Å². The molecular weight excluding hydrogens is 420 g/mol. The molecule has 0 bridgehead atoms. The van der Waals surface area contributed by atoms with Crippen molar-refractivity contribution in [3.8, 4) is 23.6 Å². The van der Waals surface area contributed by atoms with Gasteiger partial charge in [-0.3, -0.25) is 9.80 Å². The molecule has 174 valence electrons. The molecule has 1 heterocycles. The van der Waals surface area contributed by atoms with Gasteiger partial charge in [0, 0.05) is 26.2 Å². The quantitative estimate of drug-likeness (QED) is 0.562. The Morgan fingerprint density at radius 1 is 0.697 bits per heavy atom. The maximum atomic E-state index is 10.4. The average molecular weight is 451 g/mol. The van der Waals surface area contributed by atoms with Gasteiger partial charge in [0.25, 0.3) is 0 Å². The number of nitriles is 2. The minimum Gasteiger partial charge on any atom is -0.491 e. The van der Waals surface area contributed by atoms with Crippen LogP contribution in [0.1, 0.15) is 17.5 Å². The summed E-state index contributed by atoms with van der Waals surface area (Å²) >= 11 is 0. The van der Waals surface area contributed by atoms with Gasteiger partial charge < -0.3 is 19.7 Å². The predicted octanol–water partition coefficient (Wildman–Crippen LogP) is 1.62. The maximum absolute atomic E-state index is 10.4. The normalized spacial score (nSPS) is 16.7. The van der Waals surface area contributed by atoms with E-state index in [1.165, 1.54) is 0 Å². The highest BCUT2D eigenvalue weighted by molar-refractivity contribution is 5.35. The molecule has 33 heavy (non-hydrogen) atoms. The summed E-state index contributed by atoms with van der Waals surface area (Å²) in [5, 5.41) is 38.4. The summed E-state index contributed by atoms with van der Waals surface area (Å²) in [6.07, 6.45) is -0.274. The number of hydrogen-bond donors (Lipinski definition) is 2. The highest BCUT2D eigenvalue weighted by Gasteiger charge is 2.20. The Hall–Kier alpha value is -3.14. The van der Waals surface area contributed by atoms with E-state index < -0.39 is 12.2 Å². The lowest BCUT2D eigenvalue weighted by Crippen LogP contribution is -2.40. The van der Waals surface area contributed by atoms with E-state index in [9.17, 15) is 10.2 Å². The topological polar surface area (TPSA) is 113 Å². The molecule has 2 aromatic carbocycles. The van der Waals surface area contributed by atoms with Crippen LogP contribution in [0.15, 0.2) is 48.5 Å². The van der Waals surface area contributed by atoms with E-state index in [2.05, 4.69) is 21.9 Å². The summed E-state index contributed by atoms with van der Waals surface area (Å²) in [7, 11) is 0. The van der Waals surface area contributed by atoms with Crippen LogP contribution < -0.4 is 9.47 Å². The second kappa shape index (κ2) is 12.8. The van der Waals surface area contributed by atoms with Crippen LogP contribution in [0.25, 0.3) is 0 Å². The molecule has 1 aliphatic rings. The van der Waals surface area contributed by atoms with Crippen LogP contribution in [0.2, 0.25) is 0 Å². The van der Waals surface area contributed by atoms with Gasteiger partial charge in [0.2, 0.25) is 0 Å². The standard InChI is InChI=1S/C25H30N4O4/c26-14-20-2-6-24(7-3-20)32-18-22(30)16-28-10-1-11-29(13-12-28)17-23(31)19-33-25-8-4-21(15-27)5-9-25/h2-9,22-23,30-31H,1,10-13,16-19H2/t22-,23+. The first-order valence-corrected chi connectivity index (χ1v) is 11.1. The molecule has 0 spiro atoms. The molecule has 8 heteroatoms. The minimum atomic E-state index is -0.612. The van der Waals surface area contributed by atoms with Gasteiger partial charge >= 0.3 is 0 Å². The third-order valence-corrected chi connectivity index (χ3v) is 5.47. The number of hydrogen-bond acceptors (Lipinski definition) is 8. The molecule has 1 saturated heterocycles. The van der Waals surface area contributed by atoms with Gasteiger partial charge in [-0.25, -0.2) is 0 Å². The predicted molar refractivity (Wildman–Crippen MR) is 123 cm³/mol. The van der Waals surface area contributed by atoms with E-state index in [4.69, 9.17) is 20.0 Å². The van der Waals surface area contributed by atoms with Gasteiger partial charge in [-0.1, -0.05) is 0 Å². The third kappa shape index (κ3) is 8.38. The van der Waals surface area contributed by atoms with Gasteiger partial charge in [-0.05, 0) is 68.0 Å². The number of benzene rings is 2. The van der Waals surface area contributed by atoms with Crippen LogP contribution in [-0.4, -0.2) is 84.7 Å². The van der Waals surface area contributed by atoms with Gasteiger partial charge in [-0.15, -0.1) is 0 Å². The first-order chi connectivity index (χ1) is 16.1. The molecule has 0 unspecified atom stereocenters. The van der Waals surface area contributed by atoms with Crippen molar-refractivity contribution >= 4 is 0 Å². The second-order valence-electron chi connectivity index (χ2n) is 8.16. The van der Waals surface area contributed by atoms with E-state index in [-0.39, 0.29) is 13.2 Å². The summed E-state index contributed by atoms with van der Waals surface area (Å²) in [5.41, 5.74) is 1.14. The van der Waals surface area contributed by atoms with E-state index in [1.807, 2.05) is 0 Å². The van der Waals surface area contributed by atoms with Crippen molar-refractivity contribution in [1.82, 2.24) is 9.80 Å². The molecule has 2 atom stereocenters. The summed E-state index contributed by atoms with van der Waals surface area (Å²) in [4.78, 5) is 4.43. The zero-order chi connectivity index (χ0) is 23.5. The molecule has 0 amide bonds. The lowest BCUT2D eigenvalue weighted by molar-refractivity contribution is 0.0617. The zero-order valence-corrected chi connectivity index (χ0v) is 18.6. The summed E-state index contributed by atoms with van der Waals surface area (Å²) in [5.74, 6) is 1.26. The highest BCUT2D eigenvalue weighted by atomic mass is 16.5. The van der Waals surface area contributed by atoms with Crippen LogP contribution in [0.5, 0.6) is 11.5 Å². The first kappa shape index (κ1) is 24.5. The van der Waals surface area contributed by atoms with Crippen LogP contribution >= 0.6 is 0 Å². The summed E-state index contributed by atoms with van der Waals surface area (Å²) in [6.45, 7) is 4.79. The lowest BCUT2D eigenvalue weighted by atomic mass is 10.2. The van der Waals surface area contributed by atoms with Crippen molar-refractivity contribution in [2.45, 2.75) is 18.6 Å². The third-order valence-electron chi connectivity index (χ3n) is 5.47. The Morgan fingerprint density at radius 2 is 1.09 bits per heavy atom. The molecular formula is C25H30N4O4. The van der Waals surface area contributed by atoms with Gasteiger partial charge in [0.1, 0.15) is 36.9 Å². The summed E-state index contributed by atoms with van der Waals surface area (Å²) in [6, 6.07) is 17.8. The Kier molecular flexibility index (Phi) is 9.49. The molecule has 0 saturated carbocycles. The average Bonchev–Trinajstić information content (AvgIpc) is 3.07. The Labute approximate surface area is 194 Å². The van der Waals surface area contributed by atoms with Crippen molar-refractivity contribution in [2.75, 3.05) is 52.5 Å². The number of rotatable bonds is 10. The van der Waals surface area contributed by atoms with E-state index in [0.717, 1.165) is 32.6 Å². The van der Waals surface area contributed by atoms with Crippen LogP contribution in [-0.2, 0) is 0 Å². The van der Waals surface area contributed by atoms with Crippen molar-refractivity contribution < 1.29 is 19.7 Å². The zero-order valence-electron chi connectivity index (χ0n) is 18.6. The molecule has 0 aromatic heterocycles. The number of ether oxygens (including phenoxy) is 2. The Balaban J connectivity index is 1.34. The second-order valence-corrected chi connectivity index (χ2v) is 8.16. The molecule has 8 nitrogen and oxygen atoms in total. The molecule has 2 aromatic rings. The molecule has 1 aliphatic heterocycles. The van der Waals surface area contributed by atoms with E-state index in [0.29, 0.717) is 35.7 Å². The summed E-state index contributed by atoms with van der Waals surface area (Å²) < 4.78 is 11.3. The Bertz CT molecular complexity index is 859. The fourth-order valence-corrected chi connectivity index (χ4v) is 3.73. The molecule has 1 fully saturated rings. The molecule has 0 radical (unpaired) electrons. The molecule has 0 aliphatic carbocycles. The fourth-order valence-electron chi connectivity index (χ4n) is 3.73. The van der Waals surface area contributed by atoms with Crippen LogP contribution in [0, 0.1) is 22.7 Å². The van der Waals surface area contributed by atoms with Gasteiger partial charge in [0.15, 0.2) is 0 Å². The monoisotopic (exact) mass is 450 g/mol. The fraction of sp³-hybridized carbons (Fsp3) is 0.440. The van der Waals surface area contributed by atoms with E-state index >= 15 is 0 Å². The van der Waals surface area contributed by atoms with Crippen molar-refractivity contribution in [3.63, 3.8) is 0 Å². The van der Waals surface area contributed by atoms with Gasteiger partial charge in [-0.2, -0.15) is 10.5 Å².